The monoisotopic (exact) mass is 310 g/mol. The fourth-order valence-corrected chi connectivity index (χ4v) is 4.19. The van der Waals surface area contributed by atoms with Crippen molar-refractivity contribution in [3.63, 3.8) is 0 Å². The predicted octanol–water partition coefficient (Wildman–Crippen LogP) is 1.49. The lowest BCUT2D eigenvalue weighted by atomic mass is 10.4. The van der Waals surface area contributed by atoms with E-state index in [1.165, 1.54) is 13.0 Å². The van der Waals surface area contributed by atoms with Crippen LogP contribution in [-0.4, -0.2) is 31.8 Å². The molecule has 2 atom stereocenters. The molecule has 0 spiro atoms. The van der Waals surface area contributed by atoms with Crippen molar-refractivity contribution < 1.29 is 28.3 Å². The van der Waals surface area contributed by atoms with Gasteiger partial charge in [-0.05, 0) is 26.0 Å². The summed E-state index contributed by atoms with van der Waals surface area (Å²) in [4.78, 5) is 31.9. The molecule has 1 rings (SSSR count). The summed E-state index contributed by atoms with van der Waals surface area (Å²) in [6.45, 7) is 2.98. The smallest absolute Gasteiger partial charge is 0.346 e. The summed E-state index contributed by atoms with van der Waals surface area (Å²) >= 11 is 0. The number of aryl methyl sites for hydroxylation is 1. The first-order chi connectivity index (χ1) is 8.66. The van der Waals surface area contributed by atoms with Crippen LogP contribution >= 0.6 is 15.2 Å². The normalized spacial score (nSPS) is 16.7. The van der Waals surface area contributed by atoms with Gasteiger partial charge in [-0.2, -0.15) is 0 Å². The molecule has 0 fully saturated rings. The minimum atomic E-state index is -4.90. The van der Waals surface area contributed by atoms with Crippen molar-refractivity contribution >= 4 is 21.0 Å². The second-order valence-corrected chi connectivity index (χ2v) is 7.76. The molecule has 8 nitrogen and oxygen atoms in total. The van der Waals surface area contributed by atoms with Crippen LogP contribution in [0.4, 0.5) is 5.82 Å². The summed E-state index contributed by atoms with van der Waals surface area (Å²) in [5, 5.41) is 2.27. The molecule has 108 valence electrons. The van der Waals surface area contributed by atoms with Crippen molar-refractivity contribution in [2.75, 3.05) is 11.9 Å². The van der Waals surface area contributed by atoms with Crippen molar-refractivity contribution in [1.29, 1.82) is 0 Å². The third kappa shape index (κ3) is 4.69. The molecule has 0 aliphatic heterocycles. The molecule has 0 aliphatic rings. The first-order valence-corrected chi connectivity index (χ1v) is 8.72. The number of nitrogens with zero attached hydrogens (tertiary/aromatic N) is 1. The van der Waals surface area contributed by atoms with Crippen LogP contribution in [-0.2, 0) is 13.7 Å². The second kappa shape index (κ2) is 6.13. The Bertz CT molecular complexity index is 531. The Balaban J connectivity index is 3.07. The Morgan fingerprint density at radius 2 is 2.00 bits per heavy atom. The van der Waals surface area contributed by atoms with E-state index in [2.05, 4.69) is 14.8 Å². The minimum Gasteiger partial charge on any atom is -0.346 e. The highest BCUT2D eigenvalue weighted by Gasteiger charge is 2.45. The number of hydrogen-bond acceptors (Lipinski definition) is 5. The maximum atomic E-state index is 11.8. The molecule has 0 radical (unpaired) electrons. The minimum absolute atomic E-state index is 0.0855. The van der Waals surface area contributed by atoms with Crippen molar-refractivity contribution in [2.24, 2.45) is 0 Å². The van der Waals surface area contributed by atoms with Crippen molar-refractivity contribution in [1.82, 2.24) is 4.98 Å². The zero-order valence-corrected chi connectivity index (χ0v) is 12.2. The maximum Gasteiger partial charge on any atom is 0.362 e. The van der Waals surface area contributed by atoms with Gasteiger partial charge in [-0.25, -0.2) is 4.98 Å². The van der Waals surface area contributed by atoms with Gasteiger partial charge in [0.05, 0.1) is 6.61 Å². The van der Waals surface area contributed by atoms with Crippen molar-refractivity contribution in [3.05, 3.63) is 23.9 Å². The van der Waals surface area contributed by atoms with E-state index in [0.717, 1.165) is 0 Å². The molecule has 0 aliphatic carbocycles. The first-order valence-electron chi connectivity index (χ1n) is 5.39. The third-order valence-corrected chi connectivity index (χ3v) is 6.03. The number of hydrogen-bond donors (Lipinski definition) is 4. The number of rotatable bonds is 6. The van der Waals surface area contributed by atoms with E-state index in [1.54, 1.807) is 19.1 Å². The van der Waals surface area contributed by atoms with Gasteiger partial charge in [0.1, 0.15) is 5.82 Å². The fraction of sp³-hybridized carbons (Fsp3) is 0.444. The first kappa shape index (κ1) is 16.3. The zero-order valence-electron chi connectivity index (χ0n) is 10.4. The molecule has 0 saturated carbocycles. The lowest BCUT2D eigenvalue weighted by molar-refractivity contribution is 0.267. The summed E-state index contributed by atoms with van der Waals surface area (Å²) < 4.78 is 27.7. The van der Waals surface area contributed by atoms with Crippen LogP contribution in [0.5, 0.6) is 0 Å². The highest BCUT2D eigenvalue weighted by molar-refractivity contribution is 7.71. The van der Waals surface area contributed by atoms with Gasteiger partial charge in [0.2, 0.25) is 5.52 Å². The summed E-state index contributed by atoms with van der Waals surface area (Å²) in [5.41, 5.74) is -1.45. The van der Waals surface area contributed by atoms with E-state index >= 15 is 0 Å². The van der Waals surface area contributed by atoms with Crippen LogP contribution in [0.25, 0.3) is 0 Å². The Morgan fingerprint density at radius 3 is 2.47 bits per heavy atom. The Labute approximate surface area is 110 Å². The molecule has 1 aromatic rings. The SMILES string of the molecule is CCOP(=O)(O)C(Nc1cccc(C)n1)P(=O)(O)O. The Morgan fingerprint density at radius 1 is 1.37 bits per heavy atom. The molecule has 0 amide bonds. The molecule has 0 saturated heterocycles. The van der Waals surface area contributed by atoms with Crippen molar-refractivity contribution in [2.45, 2.75) is 19.4 Å². The molecule has 0 aromatic carbocycles. The number of pyridine rings is 1. The van der Waals surface area contributed by atoms with Gasteiger partial charge >= 0.3 is 15.2 Å². The number of nitrogens with one attached hydrogen (secondary N) is 1. The van der Waals surface area contributed by atoms with Crippen LogP contribution in [0.1, 0.15) is 12.6 Å². The largest absolute Gasteiger partial charge is 0.362 e. The van der Waals surface area contributed by atoms with Crippen LogP contribution in [0.3, 0.4) is 0 Å². The average Bonchev–Trinajstić information content (AvgIpc) is 2.24. The van der Waals surface area contributed by atoms with Crippen molar-refractivity contribution in [3.8, 4) is 0 Å². The van der Waals surface area contributed by atoms with Crippen LogP contribution in [0.15, 0.2) is 18.2 Å². The summed E-state index contributed by atoms with van der Waals surface area (Å²) in [5.74, 6) is 0.0855. The van der Waals surface area contributed by atoms with Gasteiger partial charge in [0, 0.05) is 5.69 Å². The molecule has 4 N–H and O–H groups in total. The molecule has 1 aromatic heterocycles. The second-order valence-electron chi connectivity index (χ2n) is 3.75. The molecule has 0 bridgehead atoms. The van der Waals surface area contributed by atoms with E-state index < -0.39 is 20.7 Å². The van der Waals surface area contributed by atoms with E-state index in [4.69, 9.17) is 0 Å². The molecule has 19 heavy (non-hydrogen) atoms. The van der Waals surface area contributed by atoms with E-state index in [0.29, 0.717) is 5.69 Å². The van der Waals surface area contributed by atoms with Crippen LogP contribution < -0.4 is 5.32 Å². The topological polar surface area (TPSA) is 129 Å². The van der Waals surface area contributed by atoms with Gasteiger partial charge in [-0.3, -0.25) is 9.13 Å². The van der Waals surface area contributed by atoms with Gasteiger partial charge in [0.25, 0.3) is 0 Å². The summed E-state index contributed by atoms with van der Waals surface area (Å²) in [6.07, 6.45) is 0. The van der Waals surface area contributed by atoms with Crippen LogP contribution in [0.2, 0.25) is 0 Å². The third-order valence-electron chi connectivity index (χ3n) is 2.11. The lowest BCUT2D eigenvalue weighted by Crippen LogP contribution is -2.22. The summed E-state index contributed by atoms with van der Waals surface area (Å²) in [6, 6.07) is 4.71. The van der Waals surface area contributed by atoms with Gasteiger partial charge in [0.15, 0.2) is 0 Å². The molecule has 10 heteroatoms. The quantitative estimate of drug-likeness (QED) is 0.581. The van der Waals surface area contributed by atoms with Gasteiger partial charge in [-0.1, -0.05) is 6.07 Å². The van der Waals surface area contributed by atoms with Gasteiger partial charge < -0.3 is 24.5 Å². The lowest BCUT2D eigenvalue weighted by Gasteiger charge is -2.24. The zero-order chi connectivity index (χ0) is 14.7. The highest BCUT2D eigenvalue weighted by Crippen LogP contribution is 2.62. The molecular weight excluding hydrogens is 294 g/mol. The van der Waals surface area contributed by atoms with E-state index in [1.807, 2.05) is 0 Å². The average molecular weight is 310 g/mol. The molecule has 1 heterocycles. The number of aromatic nitrogens is 1. The fourth-order valence-electron chi connectivity index (χ4n) is 1.37. The standard InChI is InChI=1S/C9H16N2O6P2/c1-3-17-19(15,16)9(18(12,13)14)11-8-6-4-5-7(2)10-8/h4-6,9H,3H2,1-2H3,(H,10,11)(H,15,16)(H2,12,13,14). The highest BCUT2D eigenvalue weighted by atomic mass is 31.2. The van der Waals surface area contributed by atoms with Crippen LogP contribution in [0, 0.1) is 6.92 Å². The Kier molecular flexibility index (Phi) is 5.26. The predicted molar refractivity (Wildman–Crippen MR) is 69.9 cm³/mol. The summed E-state index contributed by atoms with van der Waals surface area (Å²) in [7, 11) is -9.42. The Hall–Kier alpha value is -0.750. The van der Waals surface area contributed by atoms with E-state index in [-0.39, 0.29) is 12.4 Å². The van der Waals surface area contributed by atoms with Gasteiger partial charge in [-0.15, -0.1) is 0 Å². The maximum absolute atomic E-state index is 11.8. The molecule has 2 unspecified atom stereocenters. The number of anilines is 1. The molecular formula is C9H16N2O6P2. The van der Waals surface area contributed by atoms with E-state index in [9.17, 15) is 23.8 Å².